The first-order valence-electron chi connectivity index (χ1n) is 7.07. The van der Waals surface area contributed by atoms with Gasteiger partial charge in [0.2, 0.25) is 0 Å². The minimum atomic E-state index is -0.557. The molecule has 1 atom stereocenters. The highest BCUT2D eigenvalue weighted by atomic mass is 16.5. The summed E-state index contributed by atoms with van der Waals surface area (Å²) in [5.74, 6) is 0. The number of aliphatic hydroxyl groups excluding tert-OH is 1. The molecule has 0 bridgehead atoms. The molecule has 0 spiro atoms. The second-order valence-corrected chi connectivity index (χ2v) is 5.46. The topological polar surface area (TPSA) is 47.3 Å². The van der Waals surface area contributed by atoms with Crippen LogP contribution in [0.4, 0.5) is 0 Å². The Hall–Kier alpha value is -1.65. The van der Waals surface area contributed by atoms with Gasteiger partial charge in [-0.1, -0.05) is 18.2 Å². The summed E-state index contributed by atoms with van der Waals surface area (Å²) in [6, 6.07) is 11.7. The van der Waals surface area contributed by atoms with Crippen molar-refractivity contribution in [2.24, 2.45) is 0 Å². The monoisotopic (exact) mass is 272 g/mol. The molecule has 1 aliphatic carbocycles. The summed E-state index contributed by atoms with van der Waals surface area (Å²) in [7, 11) is 1.74. The molecule has 1 heterocycles. The van der Waals surface area contributed by atoms with Crippen LogP contribution >= 0.6 is 0 Å². The van der Waals surface area contributed by atoms with Gasteiger partial charge in [0.1, 0.15) is 0 Å². The molecule has 20 heavy (non-hydrogen) atoms. The van der Waals surface area contributed by atoms with Gasteiger partial charge in [-0.05, 0) is 37.5 Å². The number of rotatable bonds is 5. The fourth-order valence-electron chi connectivity index (χ4n) is 2.87. The van der Waals surface area contributed by atoms with E-state index in [9.17, 15) is 5.11 Å². The second kappa shape index (κ2) is 5.38. The summed E-state index contributed by atoms with van der Waals surface area (Å²) in [6.07, 6.45) is 5.03. The number of methoxy groups -OCH3 is 1. The molecule has 0 saturated heterocycles. The van der Waals surface area contributed by atoms with Gasteiger partial charge in [0.25, 0.3) is 0 Å². The molecule has 4 heteroatoms. The number of aliphatic hydroxyl groups is 1. The lowest BCUT2D eigenvalue weighted by Gasteiger charge is -2.41. The van der Waals surface area contributed by atoms with Crippen molar-refractivity contribution in [2.75, 3.05) is 7.11 Å². The van der Waals surface area contributed by atoms with Crippen molar-refractivity contribution in [3.63, 3.8) is 0 Å². The minimum absolute atomic E-state index is 0.148. The lowest BCUT2D eigenvalue weighted by Crippen LogP contribution is -2.40. The number of nitrogens with zero attached hydrogens (tertiary/aromatic N) is 2. The summed E-state index contributed by atoms with van der Waals surface area (Å²) < 4.78 is 7.40. The van der Waals surface area contributed by atoms with Crippen molar-refractivity contribution < 1.29 is 9.84 Å². The maximum atomic E-state index is 10.5. The summed E-state index contributed by atoms with van der Waals surface area (Å²) in [4.78, 5) is 0. The Labute approximate surface area is 119 Å². The predicted molar refractivity (Wildman–Crippen MR) is 76.7 cm³/mol. The molecule has 0 radical (unpaired) electrons. The molecule has 1 aliphatic rings. The molecular formula is C16H20N2O2. The van der Waals surface area contributed by atoms with E-state index in [2.05, 4.69) is 5.10 Å². The van der Waals surface area contributed by atoms with Crippen LogP contribution in [0.5, 0.6) is 0 Å². The second-order valence-electron chi connectivity index (χ2n) is 5.46. The summed E-state index contributed by atoms with van der Waals surface area (Å²) in [6.45, 7) is 0. The van der Waals surface area contributed by atoms with Crippen molar-refractivity contribution in [3.05, 3.63) is 48.3 Å². The number of benzene rings is 1. The first-order valence-corrected chi connectivity index (χ1v) is 7.07. The zero-order valence-corrected chi connectivity index (χ0v) is 11.7. The molecule has 1 unspecified atom stereocenters. The van der Waals surface area contributed by atoms with E-state index in [4.69, 9.17) is 4.74 Å². The van der Waals surface area contributed by atoms with E-state index in [0.717, 1.165) is 24.2 Å². The molecule has 1 aromatic heterocycles. The molecule has 106 valence electrons. The Morgan fingerprint density at radius 2 is 2.05 bits per heavy atom. The van der Waals surface area contributed by atoms with Gasteiger partial charge in [-0.25, -0.2) is 4.68 Å². The van der Waals surface area contributed by atoms with E-state index in [1.165, 1.54) is 6.42 Å². The van der Waals surface area contributed by atoms with Crippen LogP contribution in [0, 0.1) is 0 Å². The minimum Gasteiger partial charge on any atom is -0.387 e. The first-order chi connectivity index (χ1) is 9.74. The lowest BCUT2D eigenvalue weighted by atomic mass is 9.76. The standard InChI is InChI=1S/C16H20N2O2/c1-20-16(9-5-10-16)12-15(19)14-8-11-17-18(14)13-6-3-2-4-7-13/h2-4,6-8,11,15,19H,5,9-10,12H2,1H3. The Balaban J connectivity index is 1.82. The van der Waals surface area contributed by atoms with Gasteiger partial charge in [-0.2, -0.15) is 5.10 Å². The molecule has 3 rings (SSSR count). The highest BCUT2D eigenvalue weighted by Crippen LogP contribution is 2.41. The molecule has 2 aromatic rings. The SMILES string of the molecule is COC1(CC(O)c2ccnn2-c2ccccc2)CCC1. The van der Waals surface area contributed by atoms with Crippen molar-refractivity contribution in [3.8, 4) is 5.69 Å². The van der Waals surface area contributed by atoms with Gasteiger partial charge in [0.05, 0.1) is 23.1 Å². The van der Waals surface area contributed by atoms with Crippen LogP contribution in [0.25, 0.3) is 5.69 Å². The quantitative estimate of drug-likeness (QED) is 0.910. The van der Waals surface area contributed by atoms with Gasteiger partial charge >= 0.3 is 0 Å². The largest absolute Gasteiger partial charge is 0.387 e. The molecule has 1 fully saturated rings. The van der Waals surface area contributed by atoms with Gasteiger partial charge in [0, 0.05) is 19.7 Å². The number of para-hydroxylation sites is 1. The number of hydrogen-bond donors (Lipinski definition) is 1. The Kier molecular flexibility index (Phi) is 3.59. The highest BCUT2D eigenvalue weighted by molar-refractivity contribution is 5.32. The van der Waals surface area contributed by atoms with Gasteiger partial charge < -0.3 is 9.84 Å². The molecule has 1 aromatic carbocycles. The van der Waals surface area contributed by atoms with E-state index in [1.807, 2.05) is 36.4 Å². The van der Waals surface area contributed by atoms with E-state index < -0.39 is 6.10 Å². The van der Waals surface area contributed by atoms with Crippen LogP contribution in [0.3, 0.4) is 0 Å². The van der Waals surface area contributed by atoms with Crippen LogP contribution in [-0.2, 0) is 4.74 Å². The Morgan fingerprint density at radius 1 is 1.30 bits per heavy atom. The third-order valence-corrected chi connectivity index (χ3v) is 4.28. The molecule has 0 aliphatic heterocycles. The highest BCUT2D eigenvalue weighted by Gasteiger charge is 2.39. The maximum Gasteiger partial charge on any atom is 0.0988 e. The maximum absolute atomic E-state index is 10.5. The Morgan fingerprint density at radius 3 is 2.65 bits per heavy atom. The summed E-state index contributed by atoms with van der Waals surface area (Å²) in [5.41, 5.74) is 1.64. The van der Waals surface area contributed by atoms with Crippen molar-refractivity contribution in [2.45, 2.75) is 37.4 Å². The van der Waals surface area contributed by atoms with Crippen molar-refractivity contribution >= 4 is 0 Å². The Bertz CT molecular complexity index is 555. The smallest absolute Gasteiger partial charge is 0.0988 e. The first kappa shape index (κ1) is 13.3. The van der Waals surface area contributed by atoms with E-state index in [-0.39, 0.29) is 5.60 Å². The van der Waals surface area contributed by atoms with Gasteiger partial charge in [0.15, 0.2) is 0 Å². The van der Waals surface area contributed by atoms with Crippen LogP contribution in [0.15, 0.2) is 42.6 Å². The average molecular weight is 272 g/mol. The fraction of sp³-hybridized carbons (Fsp3) is 0.438. The third kappa shape index (κ3) is 2.37. The summed E-state index contributed by atoms with van der Waals surface area (Å²) in [5, 5.41) is 14.9. The number of ether oxygens (including phenoxy) is 1. The molecule has 1 N–H and O–H groups in total. The number of aromatic nitrogens is 2. The zero-order chi connectivity index (χ0) is 14.0. The lowest BCUT2D eigenvalue weighted by molar-refractivity contribution is -0.101. The van der Waals surface area contributed by atoms with E-state index >= 15 is 0 Å². The van der Waals surface area contributed by atoms with Gasteiger partial charge in [-0.15, -0.1) is 0 Å². The van der Waals surface area contributed by atoms with Crippen molar-refractivity contribution in [1.29, 1.82) is 0 Å². The van der Waals surface area contributed by atoms with E-state index in [0.29, 0.717) is 6.42 Å². The van der Waals surface area contributed by atoms with Crippen molar-refractivity contribution in [1.82, 2.24) is 9.78 Å². The third-order valence-electron chi connectivity index (χ3n) is 4.28. The molecule has 4 nitrogen and oxygen atoms in total. The van der Waals surface area contributed by atoms with Crippen LogP contribution in [-0.4, -0.2) is 27.6 Å². The molecular weight excluding hydrogens is 252 g/mol. The van der Waals surface area contributed by atoms with E-state index in [1.54, 1.807) is 18.0 Å². The van der Waals surface area contributed by atoms with Crippen LogP contribution in [0.1, 0.15) is 37.5 Å². The van der Waals surface area contributed by atoms with Crippen LogP contribution in [0.2, 0.25) is 0 Å². The predicted octanol–water partition coefficient (Wildman–Crippen LogP) is 2.86. The molecule has 0 amide bonds. The fourth-order valence-corrected chi connectivity index (χ4v) is 2.87. The normalized spacial score (nSPS) is 18.5. The average Bonchev–Trinajstić information content (AvgIpc) is 2.93. The van der Waals surface area contributed by atoms with Crippen LogP contribution < -0.4 is 0 Å². The number of hydrogen-bond acceptors (Lipinski definition) is 3. The molecule has 1 saturated carbocycles. The summed E-state index contributed by atoms with van der Waals surface area (Å²) >= 11 is 0. The van der Waals surface area contributed by atoms with Gasteiger partial charge in [-0.3, -0.25) is 0 Å². The zero-order valence-electron chi connectivity index (χ0n) is 11.7.